The number of halogens is 2. The minimum absolute atomic E-state index is 0.449. The van der Waals surface area contributed by atoms with Crippen LogP contribution in [-0.4, -0.2) is 0 Å². The second-order valence-corrected chi connectivity index (χ2v) is 6.60. The van der Waals surface area contributed by atoms with Gasteiger partial charge in [-0.1, -0.05) is 30.3 Å². The van der Waals surface area contributed by atoms with Crippen LogP contribution in [0.15, 0.2) is 52.3 Å². The van der Waals surface area contributed by atoms with E-state index in [1.807, 2.05) is 18.2 Å². The van der Waals surface area contributed by atoms with Crippen LogP contribution in [0.5, 0.6) is 5.75 Å². The normalized spacial score (nSPS) is 10.9. The van der Waals surface area contributed by atoms with Crippen LogP contribution in [0, 0.1) is 0 Å². The topological polar surface area (TPSA) is 9.23 Å². The number of rotatable bonds is 4. The Morgan fingerprint density at radius 3 is 2.75 bits per heavy atom. The van der Waals surface area contributed by atoms with Gasteiger partial charge in [0.2, 0.25) is 0 Å². The van der Waals surface area contributed by atoms with Crippen molar-refractivity contribution in [3.63, 3.8) is 0 Å². The van der Waals surface area contributed by atoms with Crippen LogP contribution in [0.1, 0.15) is 10.4 Å². The number of ether oxygens (including phenoxy) is 1. The van der Waals surface area contributed by atoms with Gasteiger partial charge in [-0.25, -0.2) is 0 Å². The fourth-order valence-corrected chi connectivity index (χ4v) is 3.81. The molecule has 4 heteroatoms. The highest BCUT2D eigenvalue weighted by atomic mass is 79.9. The predicted octanol–water partition coefficient (Wildman–Crippen LogP) is 5.98. The maximum absolute atomic E-state index is 6.11. The van der Waals surface area contributed by atoms with E-state index in [1.54, 1.807) is 11.3 Å². The molecular weight excluding hydrogens is 356 g/mol. The van der Waals surface area contributed by atoms with Crippen LogP contribution in [0.2, 0.25) is 0 Å². The molecule has 3 aromatic rings. The highest BCUT2D eigenvalue weighted by molar-refractivity contribution is 9.10. The second-order valence-electron chi connectivity index (χ2n) is 4.42. The zero-order valence-electron chi connectivity index (χ0n) is 10.6. The van der Waals surface area contributed by atoms with E-state index in [1.165, 1.54) is 10.3 Å². The summed E-state index contributed by atoms with van der Waals surface area (Å²) < 4.78 is 7.04. The van der Waals surface area contributed by atoms with Crippen molar-refractivity contribution in [2.24, 2.45) is 0 Å². The standard InChI is InChI=1S/C16H12BrClOS/c17-12-7-13(20-10-12)9-19-16-6-5-11-3-1-2-4-14(11)15(16)8-18/h1-7,10H,8-9H2. The summed E-state index contributed by atoms with van der Waals surface area (Å²) in [7, 11) is 0. The van der Waals surface area contributed by atoms with Gasteiger partial charge in [-0.05, 0) is 38.8 Å². The van der Waals surface area contributed by atoms with E-state index in [-0.39, 0.29) is 0 Å². The molecule has 0 aliphatic rings. The summed E-state index contributed by atoms with van der Waals surface area (Å²) in [4.78, 5) is 1.19. The lowest BCUT2D eigenvalue weighted by Crippen LogP contribution is -1.97. The fraction of sp³-hybridized carbons (Fsp3) is 0.125. The maximum atomic E-state index is 6.11. The van der Waals surface area contributed by atoms with E-state index in [0.717, 1.165) is 21.2 Å². The van der Waals surface area contributed by atoms with Crippen LogP contribution < -0.4 is 4.74 Å². The van der Waals surface area contributed by atoms with Crippen molar-refractivity contribution in [2.45, 2.75) is 12.5 Å². The Balaban J connectivity index is 1.91. The van der Waals surface area contributed by atoms with Gasteiger partial charge in [-0.15, -0.1) is 22.9 Å². The van der Waals surface area contributed by atoms with Crippen molar-refractivity contribution in [2.75, 3.05) is 0 Å². The largest absolute Gasteiger partial charge is 0.488 e. The number of hydrogen-bond acceptors (Lipinski definition) is 2. The van der Waals surface area contributed by atoms with Crippen LogP contribution in [-0.2, 0) is 12.5 Å². The second kappa shape index (κ2) is 6.17. The zero-order valence-corrected chi connectivity index (χ0v) is 13.8. The van der Waals surface area contributed by atoms with Crippen LogP contribution >= 0.6 is 38.9 Å². The minimum atomic E-state index is 0.449. The van der Waals surface area contributed by atoms with Crippen molar-refractivity contribution in [1.82, 2.24) is 0 Å². The Morgan fingerprint density at radius 1 is 1.15 bits per heavy atom. The van der Waals surface area contributed by atoms with Crippen molar-refractivity contribution in [3.8, 4) is 5.75 Å². The maximum Gasteiger partial charge on any atom is 0.124 e. The van der Waals surface area contributed by atoms with E-state index < -0.39 is 0 Å². The first-order valence-corrected chi connectivity index (χ1v) is 8.41. The molecule has 0 amide bonds. The summed E-state index contributed by atoms with van der Waals surface area (Å²) in [6, 6.07) is 14.4. The fourth-order valence-electron chi connectivity index (χ4n) is 2.17. The summed E-state index contributed by atoms with van der Waals surface area (Å²) in [6.45, 7) is 0.568. The smallest absolute Gasteiger partial charge is 0.124 e. The SMILES string of the molecule is ClCc1c(OCc2cc(Br)cs2)ccc2ccccc12. The quantitative estimate of drug-likeness (QED) is 0.515. The lowest BCUT2D eigenvalue weighted by molar-refractivity contribution is 0.308. The average Bonchev–Trinajstić information content (AvgIpc) is 2.90. The average molecular weight is 368 g/mol. The monoisotopic (exact) mass is 366 g/mol. The molecule has 3 rings (SSSR count). The van der Waals surface area contributed by atoms with E-state index in [9.17, 15) is 0 Å². The summed E-state index contributed by atoms with van der Waals surface area (Å²) in [5, 5.41) is 4.41. The Kier molecular flexibility index (Phi) is 4.29. The summed E-state index contributed by atoms with van der Waals surface area (Å²) in [5.41, 5.74) is 1.06. The van der Waals surface area contributed by atoms with E-state index in [0.29, 0.717) is 12.5 Å². The Bertz CT molecular complexity index is 738. The van der Waals surface area contributed by atoms with Gasteiger partial charge < -0.3 is 4.74 Å². The van der Waals surface area contributed by atoms with E-state index >= 15 is 0 Å². The van der Waals surface area contributed by atoms with E-state index in [4.69, 9.17) is 16.3 Å². The molecule has 0 saturated carbocycles. The van der Waals surface area contributed by atoms with Gasteiger partial charge in [0.15, 0.2) is 0 Å². The molecule has 0 aliphatic heterocycles. The van der Waals surface area contributed by atoms with Gasteiger partial charge in [-0.3, -0.25) is 0 Å². The molecule has 0 spiro atoms. The van der Waals surface area contributed by atoms with Gasteiger partial charge in [-0.2, -0.15) is 0 Å². The first kappa shape index (κ1) is 13.9. The van der Waals surface area contributed by atoms with Crippen molar-refractivity contribution in [1.29, 1.82) is 0 Å². The van der Waals surface area contributed by atoms with Crippen molar-refractivity contribution < 1.29 is 4.74 Å². The van der Waals surface area contributed by atoms with Gasteiger partial charge in [0.1, 0.15) is 12.4 Å². The van der Waals surface area contributed by atoms with Crippen LogP contribution in [0.25, 0.3) is 10.8 Å². The third kappa shape index (κ3) is 2.85. The van der Waals surface area contributed by atoms with Gasteiger partial charge in [0.05, 0.1) is 5.88 Å². The van der Waals surface area contributed by atoms with Gasteiger partial charge in [0.25, 0.3) is 0 Å². The molecule has 0 aliphatic carbocycles. The first-order valence-electron chi connectivity index (χ1n) is 6.20. The summed E-state index contributed by atoms with van der Waals surface area (Å²) in [6.07, 6.45) is 0. The highest BCUT2D eigenvalue weighted by Gasteiger charge is 2.08. The molecular formula is C16H12BrClOS. The molecule has 1 nitrogen and oxygen atoms in total. The summed E-state index contributed by atoms with van der Waals surface area (Å²) >= 11 is 11.2. The third-order valence-corrected chi connectivity index (χ3v) is 5.06. The molecule has 0 N–H and O–H groups in total. The molecule has 1 aromatic heterocycles. The Morgan fingerprint density at radius 2 is 2.00 bits per heavy atom. The molecule has 102 valence electrons. The van der Waals surface area contributed by atoms with E-state index in [2.05, 4.69) is 45.6 Å². The molecule has 0 unspecified atom stereocenters. The molecule has 0 radical (unpaired) electrons. The Labute approximate surface area is 135 Å². The molecule has 1 heterocycles. The first-order chi connectivity index (χ1) is 9.78. The molecule has 2 aromatic carbocycles. The number of alkyl halides is 1. The Hall–Kier alpha value is -1.03. The van der Waals surface area contributed by atoms with Crippen molar-refractivity contribution in [3.05, 3.63) is 62.8 Å². The molecule has 0 fully saturated rings. The minimum Gasteiger partial charge on any atom is -0.488 e. The molecule has 20 heavy (non-hydrogen) atoms. The number of hydrogen-bond donors (Lipinski definition) is 0. The number of thiophene rings is 1. The zero-order chi connectivity index (χ0) is 13.9. The lowest BCUT2D eigenvalue weighted by atomic mass is 10.0. The number of benzene rings is 2. The highest BCUT2D eigenvalue weighted by Crippen LogP contribution is 2.30. The third-order valence-electron chi connectivity index (χ3n) is 3.12. The number of fused-ring (bicyclic) bond motifs is 1. The summed E-state index contributed by atoms with van der Waals surface area (Å²) in [5.74, 6) is 1.31. The van der Waals surface area contributed by atoms with Crippen LogP contribution in [0.3, 0.4) is 0 Å². The molecule has 0 saturated heterocycles. The lowest BCUT2D eigenvalue weighted by Gasteiger charge is -2.12. The predicted molar refractivity (Wildman–Crippen MR) is 89.9 cm³/mol. The van der Waals surface area contributed by atoms with Crippen molar-refractivity contribution >= 4 is 49.6 Å². The van der Waals surface area contributed by atoms with Gasteiger partial charge >= 0.3 is 0 Å². The van der Waals surface area contributed by atoms with Crippen LogP contribution in [0.4, 0.5) is 0 Å². The van der Waals surface area contributed by atoms with Gasteiger partial charge in [0, 0.05) is 20.3 Å². The molecule has 0 bridgehead atoms. The molecule has 0 atom stereocenters.